The number of hydrogen-bond donors (Lipinski definition) is 2. The van der Waals surface area contributed by atoms with Crippen molar-refractivity contribution in [3.05, 3.63) is 29.8 Å². The fraction of sp³-hybridized carbons (Fsp3) is 0.571. The summed E-state index contributed by atoms with van der Waals surface area (Å²) in [6.07, 6.45) is 1.28. The van der Waals surface area contributed by atoms with E-state index in [2.05, 4.69) is 12.2 Å². The second-order valence-electron chi connectivity index (χ2n) is 4.51. The quantitative estimate of drug-likeness (QED) is 0.716. The molecule has 0 bridgehead atoms. The fourth-order valence-corrected chi connectivity index (χ4v) is 1.67. The molecule has 3 heteroatoms. The van der Waals surface area contributed by atoms with Crippen LogP contribution in [0.4, 0.5) is 0 Å². The predicted molar refractivity (Wildman–Crippen MR) is 70.2 cm³/mol. The van der Waals surface area contributed by atoms with Gasteiger partial charge in [-0.05, 0) is 39.8 Å². The van der Waals surface area contributed by atoms with Crippen molar-refractivity contribution in [1.82, 2.24) is 5.32 Å². The Hall–Kier alpha value is -1.06. The Bertz CT molecular complexity index is 326. The van der Waals surface area contributed by atoms with E-state index < -0.39 is 0 Å². The fourth-order valence-electron chi connectivity index (χ4n) is 1.67. The SMILES string of the molecule is CC(C)OCCCNC(C)c1ccccc1O. The number of benzene rings is 1. The van der Waals surface area contributed by atoms with Crippen LogP contribution in [0.15, 0.2) is 24.3 Å². The molecule has 1 unspecified atom stereocenters. The Labute approximate surface area is 104 Å². The van der Waals surface area contributed by atoms with Crippen LogP contribution in [-0.4, -0.2) is 24.4 Å². The summed E-state index contributed by atoms with van der Waals surface area (Å²) in [6, 6.07) is 7.60. The van der Waals surface area contributed by atoms with Gasteiger partial charge in [-0.1, -0.05) is 18.2 Å². The topological polar surface area (TPSA) is 41.5 Å². The van der Waals surface area contributed by atoms with Crippen LogP contribution in [0.3, 0.4) is 0 Å². The minimum absolute atomic E-state index is 0.162. The van der Waals surface area contributed by atoms with Gasteiger partial charge in [-0.2, -0.15) is 0 Å². The molecule has 0 fully saturated rings. The third-order valence-electron chi connectivity index (χ3n) is 2.63. The van der Waals surface area contributed by atoms with Gasteiger partial charge in [-0.15, -0.1) is 0 Å². The smallest absolute Gasteiger partial charge is 0.120 e. The van der Waals surface area contributed by atoms with Crippen molar-refractivity contribution in [2.45, 2.75) is 39.3 Å². The van der Waals surface area contributed by atoms with E-state index in [1.54, 1.807) is 6.07 Å². The van der Waals surface area contributed by atoms with Crippen LogP contribution in [0.5, 0.6) is 5.75 Å². The lowest BCUT2D eigenvalue weighted by molar-refractivity contribution is 0.0768. The molecule has 1 rings (SSSR count). The van der Waals surface area contributed by atoms with Gasteiger partial charge >= 0.3 is 0 Å². The molecule has 0 saturated carbocycles. The molecular formula is C14H23NO2. The molecule has 1 atom stereocenters. The van der Waals surface area contributed by atoms with Crippen molar-refractivity contribution < 1.29 is 9.84 Å². The van der Waals surface area contributed by atoms with Crippen molar-refractivity contribution in [2.24, 2.45) is 0 Å². The van der Waals surface area contributed by atoms with Gasteiger partial charge in [0.25, 0.3) is 0 Å². The second-order valence-corrected chi connectivity index (χ2v) is 4.51. The molecule has 1 aromatic carbocycles. The average molecular weight is 237 g/mol. The molecule has 0 heterocycles. The Morgan fingerprint density at radius 2 is 1.94 bits per heavy atom. The average Bonchev–Trinajstić information content (AvgIpc) is 2.28. The Morgan fingerprint density at radius 1 is 1.24 bits per heavy atom. The van der Waals surface area contributed by atoms with Gasteiger partial charge in [-0.3, -0.25) is 0 Å². The Kier molecular flexibility index (Phi) is 6.01. The summed E-state index contributed by atoms with van der Waals surface area (Å²) in [6.45, 7) is 7.80. The summed E-state index contributed by atoms with van der Waals surface area (Å²) < 4.78 is 5.46. The predicted octanol–water partition coefficient (Wildman–Crippen LogP) is 2.86. The third-order valence-corrected chi connectivity index (χ3v) is 2.63. The van der Waals surface area contributed by atoms with Crippen LogP contribution in [0, 0.1) is 0 Å². The van der Waals surface area contributed by atoms with E-state index in [1.165, 1.54) is 0 Å². The number of aromatic hydroxyl groups is 1. The van der Waals surface area contributed by atoms with Gasteiger partial charge in [0, 0.05) is 18.2 Å². The summed E-state index contributed by atoms with van der Waals surface area (Å²) in [5.41, 5.74) is 0.942. The van der Waals surface area contributed by atoms with Crippen molar-refractivity contribution in [1.29, 1.82) is 0 Å². The highest BCUT2D eigenvalue weighted by atomic mass is 16.5. The molecule has 96 valence electrons. The van der Waals surface area contributed by atoms with E-state index >= 15 is 0 Å². The highest BCUT2D eigenvalue weighted by Gasteiger charge is 2.08. The zero-order valence-electron chi connectivity index (χ0n) is 10.9. The van der Waals surface area contributed by atoms with Crippen LogP contribution >= 0.6 is 0 Å². The molecule has 0 aliphatic heterocycles. The van der Waals surface area contributed by atoms with Gasteiger partial charge in [0.05, 0.1) is 6.10 Å². The molecule has 0 saturated heterocycles. The summed E-state index contributed by atoms with van der Waals surface area (Å²) in [5, 5.41) is 13.1. The maximum atomic E-state index is 9.69. The lowest BCUT2D eigenvalue weighted by atomic mass is 10.1. The van der Waals surface area contributed by atoms with E-state index in [9.17, 15) is 5.11 Å². The lowest BCUT2D eigenvalue weighted by Crippen LogP contribution is -2.21. The number of hydrogen-bond acceptors (Lipinski definition) is 3. The molecule has 2 N–H and O–H groups in total. The Balaban J connectivity index is 2.26. The minimum atomic E-state index is 0.162. The lowest BCUT2D eigenvalue weighted by Gasteiger charge is -2.15. The first-order chi connectivity index (χ1) is 8.11. The van der Waals surface area contributed by atoms with E-state index in [4.69, 9.17) is 4.74 Å². The van der Waals surface area contributed by atoms with Crippen LogP contribution in [0.25, 0.3) is 0 Å². The molecule has 0 aliphatic carbocycles. The first-order valence-corrected chi connectivity index (χ1v) is 6.24. The van der Waals surface area contributed by atoms with Crippen LogP contribution < -0.4 is 5.32 Å². The van der Waals surface area contributed by atoms with E-state index in [0.29, 0.717) is 11.9 Å². The molecule has 0 radical (unpaired) electrons. The number of rotatable bonds is 7. The van der Waals surface area contributed by atoms with Crippen molar-refractivity contribution >= 4 is 0 Å². The molecule has 0 aromatic heterocycles. The van der Waals surface area contributed by atoms with Crippen LogP contribution in [-0.2, 0) is 4.74 Å². The number of nitrogens with one attached hydrogen (secondary N) is 1. The summed E-state index contributed by atoms with van der Waals surface area (Å²) in [5.74, 6) is 0.353. The normalized spacial score (nSPS) is 12.9. The van der Waals surface area contributed by atoms with Crippen molar-refractivity contribution in [2.75, 3.05) is 13.2 Å². The van der Waals surface area contributed by atoms with E-state index in [-0.39, 0.29) is 6.04 Å². The zero-order chi connectivity index (χ0) is 12.7. The molecule has 0 amide bonds. The first-order valence-electron chi connectivity index (χ1n) is 6.24. The standard InChI is InChI=1S/C14H23NO2/c1-11(2)17-10-6-9-15-12(3)13-7-4-5-8-14(13)16/h4-5,7-8,11-12,15-16H,6,9-10H2,1-3H3. The molecule has 0 spiro atoms. The molecule has 3 nitrogen and oxygen atoms in total. The molecule has 0 aliphatic rings. The number of ether oxygens (including phenoxy) is 1. The highest BCUT2D eigenvalue weighted by molar-refractivity contribution is 5.33. The second kappa shape index (κ2) is 7.30. The maximum absolute atomic E-state index is 9.69. The molecule has 1 aromatic rings. The third kappa shape index (κ3) is 5.20. The summed E-state index contributed by atoms with van der Waals surface area (Å²) in [7, 11) is 0. The van der Waals surface area contributed by atoms with E-state index in [1.807, 2.05) is 32.0 Å². The van der Waals surface area contributed by atoms with Gasteiger partial charge in [0.2, 0.25) is 0 Å². The van der Waals surface area contributed by atoms with Gasteiger partial charge in [-0.25, -0.2) is 0 Å². The number of phenolic OH excluding ortho intramolecular Hbond substituents is 1. The van der Waals surface area contributed by atoms with Crippen LogP contribution in [0.2, 0.25) is 0 Å². The first kappa shape index (κ1) is 14.0. The monoisotopic (exact) mass is 237 g/mol. The number of para-hydroxylation sites is 1. The van der Waals surface area contributed by atoms with Gasteiger partial charge in [0.15, 0.2) is 0 Å². The molecular weight excluding hydrogens is 214 g/mol. The largest absolute Gasteiger partial charge is 0.508 e. The molecule has 17 heavy (non-hydrogen) atoms. The summed E-state index contributed by atoms with van der Waals surface area (Å²) in [4.78, 5) is 0. The van der Waals surface area contributed by atoms with Crippen molar-refractivity contribution in [3.8, 4) is 5.75 Å². The van der Waals surface area contributed by atoms with Crippen molar-refractivity contribution in [3.63, 3.8) is 0 Å². The maximum Gasteiger partial charge on any atom is 0.120 e. The summed E-state index contributed by atoms with van der Waals surface area (Å²) >= 11 is 0. The van der Waals surface area contributed by atoms with Gasteiger partial charge in [0.1, 0.15) is 5.75 Å². The van der Waals surface area contributed by atoms with Crippen LogP contribution in [0.1, 0.15) is 38.8 Å². The highest BCUT2D eigenvalue weighted by Crippen LogP contribution is 2.22. The van der Waals surface area contributed by atoms with Gasteiger partial charge < -0.3 is 15.2 Å². The van der Waals surface area contributed by atoms with E-state index in [0.717, 1.165) is 25.1 Å². The minimum Gasteiger partial charge on any atom is -0.508 e. The zero-order valence-corrected chi connectivity index (χ0v) is 10.9. The Morgan fingerprint density at radius 3 is 2.59 bits per heavy atom. The number of phenols is 1.